The minimum atomic E-state index is -0.797. The molecule has 0 aliphatic heterocycles. The average molecular weight is 1500 g/mol. The van der Waals surface area contributed by atoms with Crippen molar-refractivity contribution in [1.29, 1.82) is 0 Å². The van der Waals surface area contributed by atoms with E-state index in [4.69, 9.17) is 54.1 Å². The third-order valence-corrected chi connectivity index (χ3v) is 20.2. The lowest BCUT2D eigenvalue weighted by molar-refractivity contribution is 0.0479. The highest BCUT2D eigenvalue weighted by molar-refractivity contribution is 6.70. The van der Waals surface area contributed by atoms with Crippen molar-refractivity contribution in [2.45, 2.75) is 320 Å². The fourth-order valence-electron chi connectivity index (χ4n) is 16.8. The molecule has 2 aromatic rings. The van der Waals surface area contributed by atoms with Crippen LogP contribution in [0.15, 0.2) is 85.0 Å². The van der Waals surface area contributed by atoms with Crippen molar-refractivity contribution in [2.24, 2.45) is 67.0 Å². The summed E-state index contributed by atoms with van der Waals surface area (Å²) < 4.78 is 17.4. The normalized spacial score (nSPS) is 13.6. The number of rotatable bonds is 49. The highest BCUT2D eigenvalue weighted by atomic mass is 35.5. The number of hydrogen-bond acceptors (Lipinski definition) is 10. The summed E-state index contributed by atoms with van der Waals surface area (Å²) in [4.78, 5) is 73.3. The summed E-state index contributed by atoms with van der Waals surface area (Å²) in [6.07, 6.45) is 25.7. The van der Waals surface area contributed by atoms with E-state index >= 15 is 0 Å². The highest BCUT2D eigenvalue weighted by Gasteiger charge is 2.33. The molecule has 0 aliphatic carbocycles. The molecule has 0 amide bonds. The molecule has 0 aliphatic rings. The maximum absolute atomic E-state index is 13.6. The number of allylic oxidation sites excluding steroid dienone is 4. The van der Waals surface area contributed by atoms with Crippen LogP contribution in [0.4, 0.5) is 0 Å². The Morgan fingerprint density at radius 1 is 0.330 bits per heavy atom. The van der Waals surface area contributed by atoms with Gasteiger partial charge in [-0.25, -0.2) is 14.4 Å². The molecule has 4 atom stereocenters. The fourth-order valence-corrected chi connectivity index (χ4v) is 17.2. The van der Waals surface area contributed by atoms with Gasteiger partial charge in [0.1, 0.15) is 0 Å². The van der Waals surface area contributed by atoms with E-state index in [9.17, 15) is 28.8 Å². The van der Waals surface area contributed by atoms with Gasteiger partial charge in [-0.2, -0.15) is 0 Å². The molecule has 0 fully saturated rings. The van der Waals surface area contributed by atoms with E-state index in [0.29, 0.717) is 41.1 Å². The molecule has 0 spiro atoms. The second kappa shape index (κ2) is 46.1. The van der Waals surface area contributed by atoms with E-state index < -0.39 is 33.6 Å². The first-order valence-electron chi connectivity index (χ1n) is 38.6. The van der Waals surface area contributed by atoms with Crippen LogP contribution in [0, 0.1) is 67.0 Å². The zero-order valence-corrected chi connectivity index (χ0v) is 71.9. The van der Waals surface area contributed by atoms with Crippen LogP contribution in [-0.4, -0.2) is 65.2 Å². The first kappa shape index (κ1) is 98.7. The molecule has 0 saturated heterocycles. The summed E-state index contributed by atoms with van der Waals surface area (Å²) in [6, 6.07) is 8.04. The lowest BCUT2D eigenvalue weighted by Crippen LogP contribution is -2.23. The molecule has 2 rings (SSSR count). The van der Waals surface area contributed by atoms with E-state index in [0.717, 1.165) is 128 Å². The molecule has 588 valence electrons. The van der Waals surface area contributed by atoms with Crippen molar-refractivity contribution >= 4 is 68.4 Å². The van der Waals surface area contributed by atoms with Gasteiger partial charge in [0.15, 0.2) is 0 Å². The zero-order valence-electron chi connectivity index (χ0n) is 69.7. The van der Waals surface area contributed by atoms with Crippen molar-refractivity contribution in [2.75, 3.05) is 26.4 Å². The predicted molar refractivity (Wildman–Crippen MR) is 438 cm³/mol. The van der Waals surface area contributed by atoms with E-state index in [2.05, 4.69) is 192 Å². The van der Waals surface area contributed by atoms with Gasteiger partial charge in [-0.3, -0.25) is 14.4 Å². The van der Waals surface area contributed by atoms with Crippen LogP contribution in [0.2, 0.25) is 0 Å². The second-order valence-corrected chi connectivity index (χ2v) is 39.3. The predicted octanol–water partition coefficient (Wildman–Crippen LogP) is 27.4. The quantitative estimate of drug-likeness (QED) is 0.0293. The van der Waals surface area contributed by atoms with Crippen molar-refractivity contribution in [3.05, 3.63) is 118 Å². The van der Waals surface area contributed by atoms with Crippen LogP contribution in [-0.2, 0) is 14.2 Å². The summed E-state index contributed by atoms with van der Waals surface area (Å²) >= 11 is 15.6. The van der Waals surface area contributed by atoms with Gasteiger partial charge in [0.05, 0.1) is 36.5 Å². The number of aliphatic hydroxyl groups excluding tert-OH is 1. The summed E-state index contributed by atoms with van der Waals surface area (Å²) in [7, 11) is 0. The molecule has 0 saturated carbocycles. The molecule has 0 radical (unpaired) electrons. The van der Waals surface area contributed by atoms with E-state index in [1.807, 2.05) is 0 Å². The standard InChI is InChI=1S/C63H108O6.C18H36O.C9H3Cl3O3/c1-46(2)40-61(16,17)43-58(10,11)31-22-25-49(7)28-34-67-55(64)52-37-53(56(65)68-35-29-50(8)26-23-32-59(12,13)44-62(18,19)41-47(3)4)39-54(38-52)57(66)69-36-30-51(9)27-24-33-60(14,15)45-63(20,21)42-48(5)6;1-15(2)13-18(6,7)14-17(4,5)11-8-9-16(3)10-12-19;10-7(13)4-1-5(8(11)14)3-6(2-4)9(12)15/h37-39,49-51H,1,3,5,22-36,40-45H2,2,4,6-21H3;16,19H,1,8-14H2,2-7H3;1-3H. The number of carbonyl (C=O) groups is 6. The van der Waals surface area contributed by atoms with E-state index in [1.165, 1.54) is 84.4 Å². The van der Waals surface area contributed by atoms with Crippen LogP contribution < -0.4 is 0 Å². The summed E-state index contributed by atoms with van der Waals surface area (Å²) in [5.41, 5.74) is 7.50. The van der Waals surface area contributed by atoms with E-state index in [-0.39, 0.29) is 85.7 Å². The zero-order chi connectivity index (χ0) is 79.7. The maximum atomic E-state index is 13.6. The Labute approximate surface area is 644 Å². The van der Waals surface area contributed by atoms with Gasteiger partial charge in [-0.1, -0.05) is 212 Å². The Kier molecular flexibility index (Phi) is 44.2. The van der Waals surface area contributed by atoms with Crippen molar-refractivity contribution in [3.63, 3.8) is 0 Å². The average Bonchev–Trinajstić information content (AvgIpc) is 0.833. The largest absolute Gasteiger partial charge is 0.462 e. The number of ether oxygens (including phenoxy) is 3. The van der Waals surface area contributed by atoms with Crippen LogP contribution in [0.5, 0.6) is 0 Å². The van der Waals surface area contributed by atoms with Gasteiger partial charge >= 0.3 is 17.9 Å². The molecular weight excluding hydrogens is 1350 g/mol. The number of esters is 3. The smallest absolute Gasteiger partial charge is 0.338 e. The van der Waals surface area contributed by atoms with Gasteiger partial charge in [0.25, 0.3) is 15.7 Å². The third kappa shape index (κ3) is 47.8. The first-order valence-corrected chi connectivity index (χ1v) is 39.7. The van der Waals surface area contributed by atoms with Gasteiger partial charge in [-0.15, -0.1) is 26.3 Å². The molecule has 10 nitrogen and oxygen atoms in total. The third-order valence-electron chi connectivity index (χ3n) is 19.6. The molecule has 13 heteroatoms. The molecule has 0 heterocycles. The Morgan fingerprint density at radius 2 is 0.515 bits per heavy atom. The van der Waals surface area contributed by atoms with Crippen LogP contribution >= 0.6 is 34.8 Å². The van der Waals surface area contributed by atoms with Gasteiger partial charge < -0.3 is 19.3 Å². The van der Waals surface area contributed by atoms with Crippen molar-refractivity contribution in [1.82, 2.24) is 0 Å². The Bertz CT molecular complexity index is 2730. The number of hydrogen-bond donors (Lipinski definition) is 1. The fraction of sp³-hybridized carbons (Fsp3) is 0.711. The monoisotopic (exact) mass is 1490 g/mol. The van der Waals surface area contributed by atoms with Gasteiger partial charge in [0, 0.05) is 23.3 Å². The minimum Gasteiger partial charge on any atom is -0.462 e. The molecular formula is C90H147Cl3O10. The minimum absolute atomic E-state index is 0.00725. The van der Waals surface area contributed by atoms with Gasteiger partial charge in [-0.05, 0) is 269 Å². The van der Waals surface area contributed by atoms with Crippen LogP contribution in [0.1, 0.15) is 382 Å². The summed E-state index contributed by atoms with van der Waals surface area (Å²) in [6.45, 7) is 72.6. The Balaban J connectivity index is 0.00000246. The van der Waals surface area contributed by atoms with Crippen molar-refractivity contribution in [3.8, 4) is 0 Å². The lowest BCUT2D eigenvalue weighted by Gasteiger charge is -2.35. The lowest BCUT2D eigenvalue weighted by atomic mass is 9.70. The summed E-state index contributed by atoms with van der Waals surface area (Å²) in [5.74, 6) is 0.102. The number of carbonyl (C=O) groups excluding carboxylic acids is 6. The van der Waals surface area contributed by atoms with Crippen molar-refractivity contribution < 1.29 is 48.1 Å². The molecule has 103 heavy (non-hydrogen) atoms. The number of halogens is 3. The molecule has 0 aromatic heterocycles. The highest BCUT2D eigenvalue weighted by Crippen LogP contribution is 2.45. The Hall–Kier alpha value is -4.35. The van der Waals surface area contributed by atoms with Gasteiger partial charge in [0.2, 0.25) is 0 Å². The Morgan fingerprint density at radius 3 is 0.689 bits per heavy atom. The number of benzene rings is 2. The summed E-state index contributed by atoms with van der Waals surface area (Å²) in [5, 5.41) is 6.53. The molecule has 0 bridgehead atoms. The molecule has 1 N–H and O–H groups in total. The molecule has 4 unspecified atom stereocenters. The maximum Gasteiger partial charge on any atom is 0.338 e. The van der Waals surface area contributed by atoms with Crippen LogP contribution in [0.25, 0.3) is 0 Å². The topological polar surface area (TPSA) is 150 Å². The first-order chi connectivity index (χ1) is 47.0. The second-order valence-electron chi connectivity index (χ2n) is 38.3. The molecule has 2 aromatic carbocycles. The number of aliphatic hydroxyl groups is 1. The van der Waals surface area contributed by atoms with E-state index in [1.54, 1.807) is 0 Å². The van der Waals surface area contributed by atoms with Crippen LogP contribution in [0.3, 0.4) is 0 Å². The SMILES string of the molecule is C=C(C)CC(C)(C)CC(C)(C)CCCC(C)CCO.C=C(C)CC(C)(C)CC(C)(C)CCCC(C)CCOC(=O)c1cc(C(=O)OCCC(C)CCCC(C)(C)CC(C)(C)CC(=C)C)cc(C(=O)OCCC(C)CCCC(C)(C)CC(C)(C)CC(=C)C)c1.O=C(Cl)c1cc(C(=O)Cl)cc(C(=O)Cl)c1.